The Morgan fingerprint density at radius 3 is 2.43 bits per heavy atom. The van der Waals surface area contributed by atoms with Crippen LogP contribution in [0.2, 0.25) is 0 Å². The summed E-state index contributed by atoms with van der Waals surface area (Å²) in [6.07, 6.45) is 0.651. The summed E-state index contributed by atoms with van der Waals surface area (Å²) < 4.78 is 52.0. The van der Waals surface area contributed by atoms with Gasteiger partial charge in [0.25, 0.3) is 0 Å². The Kier molecular flexibility index (Phi) is 7.53. The predicted molar refractivity (Wildman–Crippen MR) is 103 cm³/mol. The third-order valence-corrected chi connectivity index (χ3v) is 5.44. The van der Waals surface area contributed by atoms with Crippen molar-refractivity contribution in [3.8, 4) is 5.75 Å². The summed E-state index contributed by atoms with van der Waals surface area (Å²) in [4.78, 5) is 12.2. The smallest absolute Gasteiger partial charge is 0.328 e. The van der Waals surface area contributed by atoms with Crippen LogP contribution >= 0.6 is 0 Å². The van der Waals surface area contributed by atoms with Crippen LogP contribution in [0, 0.1) is 11.7 Å². The average molecular weight is 409 g/mol. The van der Waals surface area contributed by atoms with Gasteiger partial charge in [0.05, 0.1) is 13.7 Å². The van der Waals surface area contributed by atoms with E-state index in [1.807, 2.05) is 13.8 Å². The molecule has 2 aromatic carbocycles. The molecular formula is C20H24FNO5S. The monoisotopic (exact) mass is 409 g/mol. The molecule has 0 aliphatic rings. The van der Waals surface area contributed by atoms with Gasteiger partial charge in [-0.2, -0.15) is 4.72 Å². The molecule has 8 heteroatoms. The lowest BCUT2D eigenvalue weighted by atomic mass is 10.1. The number of rotatable bonds is 9. The van der Waals surface area contributed by atoms with Gasteiger partial charge in [-0.15, -0.1) is 0 Å². The number of ether oxygens (including phenoxy) is 2. The molecule has 0 bridgehead atoms. The molecule has 0 spiro atoms. The Balaban J connectivity index is 2.34. The fourth-order valence-corrected chi connectivity index (χ4v) is 3.81. The van der Waals surface area contributed by atoms with E-state index < -0.39 is 32.7 Å². The van der Waals surface area contributed by atoms with E-state index in [1.165, 1.54) is 13.2 Å². The summed E-state index contributed by atoms with van der Waals surface area (Å²) in [6, 6.07) is 10.2. The molecule has 6 nitrogen and oxygen atoms in total. The number of carbonyl (C=O) groups excluding carboxylic acids is 1. The van der Waals surface area contributed by atoms with E-state index in [9.17, 15) is 17.6 Å². The van der Waals surface area contributed by atoms with Crippen LogP contribution < -0.4 is 9.46 Å². The van der Waals surface area contributed by atoms with Gasteiger partial charge in [0.15, 0.2) is 0 Å². The number of halogens is 1. The van der Waals surface area contributed by atoms with Crippen LogP contribution in [0.5, 0.6) is 5.75 Å². The number of carbonyl (C=O) groups is 1. The molecule has 0 heterocycles. The van der Waals surface area contributed by atoms with E-state index in [0.717, 1.165) is 12.1 Å². The van der Waals surface area contributed by atoms with Crippen LogP contribution in [-0.4, -0.2) is 28.1 Å². The van der Waals surface area contributed by atoms with E-state index in [2.05, 4.69) is 4.72 Å². The van der Waals surface area contributed by atoms with Crippen molar-refractivity contribution >= 4 is 16.0 Å². The van der Waals surface area contributed by atoms with Crippen LogP contribution in [-0.2, 0) is 19.6 Å². The highest BCUT2D eigenvalue weighted by atomic mass is 32.2. The number of nitrogens with one attached hydrogen (secondary N) is 1. The molecule has 2 aromatic rings. The minimum absolute atomic E-state index is 0.0334. The molecule has 0 radical (unpaired) electrons. The number of hydrogen-bond donors (Lipinski definition) is 1. The quantitative estimate of drug-likeness (QED) is 0.642. The SMILES string of the molecule is COc1ccc(F)cc1S(=O)(=O)NC(C(=O)OCCC(C)C)c1ccccc1. The van der Waals surface area contributed by atoms with Crippen LogP contribution in [0.4, 0.5) is 4.39 Å². The highest BCUT2D eigenvalue weighted by Gasteiger charge is 2.30. The van der Waals surface area contributed by atoms with Crippen molar-refractivity contribution in [2.45, 2.75) is 31.2 Å². The van der Waals surface area contributed by atoms with Gasteiger partial charge in [0.1, 0.15) is 22.5 Å². The molecule has 0 aromatic heterocycles. The molecule has 1 N–H and O–H groups in total. The molecule has 0 aliphatic carbocycles. The highest BCUT2D eigenvalue weighted by Crippen LogP contribution is 2.26. The Labute approximate surface area is 164 Å². The second-order valence-corrected chi connectivity index (χ2v) is 8.29. The topological polar surface area (TPSA) is 81.7 Å². The number of benzene rings is 2. The van der Waals surface area contributed by atoms with Crippen molar-refractivity contribution in [2.24, 2.45) is 5.92 Å². The first kappa shape index (κ1) is 21.8. The summed E-state index contributed by atoms with van der Waals surface area (Å²) in [5.74, 6) is -1.17. The standard InChI is InChI=1S/C20H24FNO5S/c1-14(2)11-12-27-20(23)19(15-7-5-4-6-8-15)22-28(24,25)18-13-16(21)9-10-17(18)26-3/h4-10,13-14,19,22H,11-12H2,1-3H3. The minimum atomic E-state index is -4.28. The first-order valence-electron chi connectivity index (χ1n) is 8.82. The third-order valence-electron chi connectivity index (χ3n) is 4.00. The van der Waals surface area contributed by atoms with Crippen molar-refractivity contribution in [1.82, 2.24) is 4.72 Å². The van der Waals surface area contributed by atoms with Crippen LogP contribution in [0.1, 0.15) is 31.9 Å². The maximum atomic E-state index is 13.6. The third kappa shape index (κ3) is 5.77. The Bertz CT molecular complexity index is 900. The van der Waals surface area contributed by atoms with Gasteiger partial charge < -0.3 is 9.47 Å². The van der Waals surface area contributed by atoms with Gasteiger partial charge in [0, 0.05) is 0 Å². The molecule has 28 heavy (non-hydrogen) atoms. The second kappa shape index (κ2) is 9.66. The van der Waals surface area contributed by atoms with Crippen molar-refractivity contribution in [1.29, 1.82) is 0 Å². The van der Waals surface area contributed by atoms with Gasteiger partial charge in [-0.3, -0.25) is 0 Å². The lowest BCUT2D eigenvalue weighted by molar-refractivity contribution is -0.146. The van der Waals surface area contributed by atoms with Gasteiger partial charge in [0.2, 0.25) is 10.0 Å². The minimum Gasteiger partial charge on any atom is -0.495 e. The Hall–Kier alpha value is -2.45. The lowest BCUT2D eigenvalue weighted by Crippen LogP contribution is -2.35. The zero-order valence-corrected chi connectivity index (χ0v) is 16.8. The molecule has 2 rings (SSSR count). The molecule has 0 saturated carbocycles. The molecule has 1 unspecified atom stereocenters. The molecule has 0 amide bonds. The molecule has 0 aliphatic heterocycles. The predicted octanol–water partition coefficient (Wildman–Crippen LogP) is 3.44. The zero-order valence-electron chi connectivity index (χ0n) is 16.0. The van der Waals surface area contributed by atoms with Crippen molar-refractivity contribution in [3.05, 3.63) is 59.9 Å². The first-order valence-corrected chi connectivity index (χ1v) is 10.3. The maximum Gasteiger partial charge on any atom is 0.328 e. The number of esters is 1. The van der Waals surface area contributed by atoms with Gasteiger partial charge in [-0.25, -0.2) is 17.6 Å². The first-order chi connectivity index (χ1) is 13.2. The fraction of sp³-hybridized carbons (Fsp3) is 0.350. The molecule has 0 fully saturated rings. The van der Waals surface area contributed by atoms with Gasteiger partial charge in [-0.1, -0.05) is 44.2 Å². The second-order valence-electron chi connectivity index (χ2n) is 6.61. The van der Waals surface area contributed by atoms with E-state index >= 15 is 0 Å². The Morgan fingerprint density at radius 2 is 1.82 bits per heavy atom. The largest absolute Gasteiger partial charge is 0.495 e. The van der Waals surface area contributed by atoms with Crippen LogP contribution in [0.3, 0.4) is 0 Å². The molecule has 152 valence electrons. The van der Waals surface area contributed by atoms with Crippen LogP contribution in [0.15, 0.2) is 53.4 Å². The highest BCUT2D eigenvalue weighted by molar-refractivity contribution is 7.89. The van der Waals surface area contributed by atoms with E-state index in [1.54, 1.807) is 30.3 Å². The Morgan fingerprint density at radius 1 is 1.14 bits per heavy atom. The van der Waals surface area contributed by atoms with E-state index in [-0.39, 0.29) is 12.4 Å². The van der Waals surface area contributed by atoms with E-state index in [0.29, 0.717) is 17.9 Å². The van der Waals surface area contributed by atoms with Crippen molar-refractivity contribution in [3.63, 3.8) is 0 Å². The lowest BCUT2D eigenvalue weighted by Gasteiger charge is -2.19. The number of hydrogen-bond acceptors (Lipinski definition) is 5. The van der Waals surface area contributed by atoms with Gasteiger partial charge in [-0.05, 0) is 36.1 Å². The normalized spacial score (nSPS) is 12.6. The summed E-state index contributed by atoms with van der Waals surface area (Å²) in [5, 5.41) is 0. The summed E-state index contributed by atoms with van der Waals surface area (Å²) in [7, 11) is -3.00. The fourth-order valence-electron chi connectivity index (χ4n) is 2.46. The zero-order chi connectivity index (χ0) is 20.7. The van der Waals surface area contributed by atoms with Crippen molar-refractivity contribution in [2.75, 3.05) is 13.7 Å². The van der Waals surface area contributed by atoms with Crippen molar-refractivity contribution < 1.29 is 27.1 Å². The molecule has 1 atom stereocenters. The number of methoxy groups -OCH3 is 1. The average Bonchev–Trinajstić information content (AvgIpc) is 2.66. The molecule has 0 saturated heterocycles. The maximum absolute atomic E-state index is 13.6. The van der Waals surface area contributed by atoms with Gasteiger partial charge >= 0.3 is 5.97 Å². The van der Waals surface area contributed by atoms with Crippen LogP contribution in [0.25, 0.3) is 0 Å². The summed E-state index contributed by atoms with van der Waals surface area (Å²) in [6.45, 7) is 4.15. The summed E-state index contributed by atoms with van der Waals surface area (Å²) in [5.41, 5.74) is 0.413. The van der Waals surface area contributed by atoms with E-state index in [4.69, 9.17) is 9.47 Å². The molecular weight excluding hydrogens is 385 g/mol. The summed E-state index contributed by atoms with van der Waals surface area (Å²) >= 11 is 0. The number of sulfonamides is 1.